The number of ether oxygens (including phenoxy) is 1. The van der Waals surface area contributed by atoms with E-state index in [1.807, 2.05) is 59.3 Å². The van der Waals surface area contributed by atoms with Crippen molar-refractivity contribution in [1.82, 2.24) is 4.57 Å². The van der Waals surface area contributed by atoms with Crippen molar-refractivity contribution in [2.75, 3.05) is 7.11 Å². The smallest absolute Gasteiger partial charge is 0.330 e. The maximum atomic E-state index is 11.5. The normalized spacial score (nSPS) is 11.0. The van der Waals surface area contributed by atoms with Crippen molar-refractivity contribution in [1.29, 1.82) is 0 Å². The van der Waals surface area contributed by atoms with Gasteiger partial charge in [0.05, 0.1) is 7.11 Å². The summed E-state index contributed by atoms with van der Waals surface area (Å²) in [4.78, 5) is 22.8. The summed E-state index contributed by atoms with van der Waals surface area (Å²) in [5.41, 5.74) is 3.52. The first-order valence-electron chi connectivity index (χ1n) is 7.60. The van der Waals surface area contributed by atoms with Crippen LogP contribution in [0, 0.1) is 0 Å². The van der Waals surface area contributed by atoms with E-state index in [1.165, 1.54) is 13.2 Å². The molecule has 120 valence electrons. The molecule has 0 bridgehead atoms. The van der Waals surface area contributed by atoms with Crippen LogP contribution >= 0.6 is 0 Å². The van der Waals surface area contributed by atoms with Gasteiger partial charge >= 0.3 is 5.97 Å². The van der Waals surface area contributed by atoms with E-state index in [0.29, 0.717) is 12.1 Å². The Hall–Kier alpha value is -3.14. The lowest BCUT2D eigenvalue weighted by Crippen LogP contribution is -1.97. The van der Waals surface area contributed by atoms with E-state index in [1.54, 1.807) is 6.08 Å². The lowest BCUT2D eigenvalue weighted by molar-refractivity contribution is -0.134. The van der Waals surface area contributed by atoms with Crippen molar-refractivity contribution in [3.8, 4) is 0 Å². The lowest BCUT2D eigenvalue weighted by Gasteiger charge is -2.06. The topological polar surface area (TPSA) is 48.3 Å². The highest BCUT2D eigenvalue weighted by Crippen LogP contribution is 2.26. The minimum absolute atomic E-state index is 0.427. The minimum Gasteiger partial charge on any atom is -0.466 e. The van der Waals surface area contributed by atoms with E-state index in [4.69, 9.17) is 0 Å². The molecule has 0 radical (unpaired) electrons. The Morgan fingerprint density at radius 3 is 2.58 bits per heavy atom. The molecular formula is C20H17NO3. The van der Waals surface area contributed by atoms with Crippen LogP contribution < -0.4 is 0 Å². The third kappa shape index (κ3) is 3.13. The maximum absolute atomic E-state index is 11.5. The molecule has 4 nitrogen and oxygen atoms in total. The Morgan fingerprint density at radius 1 is 1.08 bits per heavy atom. The number of hydrogen-bond acceptors (Lipinski definition) is 3. The highest BCUT2D eigenvalue weighted by Gasteiger charge is 2.11. The summed E-state index contributed by atoms with van der Waals surface area (Å²) in [6, 6.07) is 15.8. The largest absolute Gasteiger partial charge is 0.466 e. The van der Waals surface area contributed by atoms with E-state index < -0.39 is 5.97 Å². The first-order chi connectivity index (χ1) is 11.7. The van der Waals surface area contributed by atoms with Crippen molar-refractivity contribution in [2.45, 2.75) is 6.54 Å². The molecule has 0 saturated heterocycles. The molecule has 3 aromatic rings. The summed E-state index contributed by atoms with van der Waals surface area (Å²) in [6.07, 6.45) is 5.73. The van der Waals surface area contributed by atoms with Crippen LogP contribution in [0.15, 0.2) is 60.8 Å². The highest BCUT2D eigenvalue weighted by molar-refractivity contribution is 6.03. The predicted molar refractivity (Wildman–Crippen MR) is 93.9 cm³/mol. The van der Waals surface area contributed by atoms with Crippen molar-refractivity contribution in [3.63, 3.8) is 0 Å². The summed E-state index contributed by atoms with van der Waals surface area (Å²) < 4.78 is 6.67. The van der Waals surface area contributed by atoms with Gasteiger partial charge < -0.3 is 9.30 Å². The first-order valence-corrected chi connectivity index (χ1v) is 7.60. The fourth-order valence-corrected chi connectivity index (χ4v) is 2.78. The molecular weight excluding hydrogens is 302 g/mol. The Labute approximate surface area is 140 Å². The molecule has 0 spiro atoms. The van der Waals surface area contributed by atoms with Gasteiger partial charge in [-0.05, 0) is 23.3 Å². The number of hydrogen-bond donors (Lipinski definition) is 0. The molecule has 0 saturated carbocycles. The summed E-state index contributed by atoms with van der Waals surface area (Å²) in [5.74, 6) is -0.427. The van der Waals surface area contributed by atoms with Crippen molar-refractivity contribution >= 4 is 29.2 Å². The fourth-order valence-electron chi connectivity index (χ4n) is 2.78. The van der Waals surface area contributed by atoms with Crippen LogP contribution in [-0.2, 0) is 16.1 Å². The van der Waals surface area contributed by atoms with Crippen LogP contribution in [0.5, 0.6) is 0 Å². The predicted octanol–water partition coefficient (Wildman–Crippen LogP) is 3.69. The van der Waals surface area contributed by atoms with Gasteiger partial charge in [-0.1, -0.05) is 42.5 Å². The number of benzene rings is 2. The monoisotopic (exact) mass is 319 g/mol. The van der Waals surface area contributed by atoms with Crippen molar-refractivity contribution in [3.05, 3.63) is 77.5 Å². The van der Waals surface area contributed by atoms with E-state index in [-0.39, 0.29) is 0 Å². The zero-order chi connectivity index (χ0) is 16.9. The fraction of sp³-hybridized carbons (Fsp3) is 0.100. The molecule has 0 fully saturated rings. The highest BCUT2D eigenvalue weighted by atomic mass is 16.5. The van der Waals surface area contributed by atoms with E-state index in [2.05, 4.69) is 4.74 Å². The Kier molecular flexibility index (Phi) is 4.57. The number of rotatable bonds is 5. The van der Waals surface area contributed by atoms with Crippen molar-refractivity contribution in [2.24, 2.45) is 0 Å². The molecule has 0 unspecified atom stereocenters. The van der Waals surface area contributed by atoms with Gasteiger partial charge in [-0.25, -0.2) is 4.79 Å². The number of aldehydes is 1. The molecule has 3 rings (SSSR count). The number of nitrogens with zero attached hydrogens (tertiary/aromatic N) is 1. The molecule has 2 aromatic carbocycles. The molecule has 0 atom stereocenters. The molecule has 0 aliphatic rings. The van der Waals surface area contributed by atoms with Crippen LogP contribution in [0.25, 0.3) is 17.0 Å². The average Bonchev–Trinajstić information content (AvgIpc) is 2.99. The Balaban J connectivity index is 2.08. The van der Waals surface area contributed by atoms with Crippen LogP contribution in [-0.4, -0.2) is 23.9 Å². The standard InChI is InChI=1S/C20H17NO3/c1-24-19(23)11-10-16-8-5-9-18-20(16)17(14-22)13-21(18)12-15-6-3-2-4-7-15/h2-11,13-14H,12H2,1H3/b11-10+. The second-order valence-electron chi connectivity index (χ2n) is 5.41. The lowest BCUT2D eigenvalue weighted by atomic mass is 10.1. The third-order valence-electron chi connectivity index (χ3n) is 3.89. The summed E-state index contributed by atoms with van der Waals surface area (Å²) in [5, 5.41) is 0.837. The number of carbonyl (C=O) groups excluding carboxylic acids is 2. The second-order valence-corrected chi connectivity index (χ2v) is 5.41. The first kappa shape index (κ1) is 15.7. The molecule has 1 aromatic heterocycles. The van der Waals surface area contributed by atoms with Gasteiger partial charge in [0.25, 0.3) is 0 Å². The molecule has 0 aliphatic carbocycles. The van der Waals surface area contributed by atoms with E-state index in [9.17, 15) is 9.59 Å². The summed E-state index contributed by atoms with van der Waals surface area (Å²) >= 11 is 0. The molecule has 0 N–H and O–H groups in total. The molecule has 0 aliphatic heterocycles. The van der Waals surface area contributed by atoms with Gasteiger partial charge in [-0.3, -0.25) is 4.79 Å². The van der Waals surface area contributed by atoms with Gasteiger partial charge in [0.1, 0.15) is 0 Å². The van der Waals surface area contributed by atoms with Gasteiger partial charge in [0.15, 0.2) is 6.29 Å². The van der Waals surface area contributed by atoms with Gasteiger partial charge in [0.2, 0.25) is 0 Å². The summed E-state index contributed by atoms with van der Waals surface area (Å²) in [7, 11) is 1.33. The van der Waals surface area contributed by atoms with E-state index in [0.717, 1.165) is 28.3 Å². The van der Waals surface area contributed by atoms with Gasteiger partial charge in [0, 0.05) is 35.3 Å². The zero-order valence-electron chi connectivity index (χ0n) is 13.3. The third-order valence-corrected chi connectivity index (χ3v) is 3.89. The quantitative estimate of drug-likeness (QED) is 0.409. The SMILES string of the molecule is COC(=O)/C=C/c1cccc2c1c(C=O)cn2Cc1ccccc1. The zero-order valence-corrected chi connectivity index (χ0v) is 13.3. The number of esters is 1. The second kappa shape index (κ2) is 6.96. The van der Waals surface area contributed by atoms with Crippen LogP contribution in [0.2, 0.25) is 0 Å². The van der Waals surface area contributed by atoms with Crippen LogP contribution in [0.4, 0.5) is 0 Å². The maximum Gasteiger partial charge on any atom is 0.330 e. The van der Waals surface area contributed by atoms with Crippen molar-refractivity contribution < 1.29 is 14.3 Å². The van der Waals surface area contributed by atoms with Gasteiger partial charge in [-0.2, -0.15) is 0 Å². The Bertz CT molecular complexity index is 907. The number of methoxy groups -OCH3 is 1. The number of aromatic nitrogens is 1. The average molecular weight is 319 g/mol. The number of fused-ring (bicyclic) bond motifs is 1. The molecule has 1 heterocycles. The number of carbonyl (C=O) groups is 2. The molecule has 24 heavy (non-hydrogen) atoms. The minimum atomic E-state index is -0.427. The van der Waals surface area contributed by atoms with Gasteiger partial charge in [-0.15, -0.1) is 0 Å². The molecule has 0 amide bonds. The summed E-state index contributed by atoms with van der Waals surface area (Å²) in [6.45, 7) is 0.676. The van der Waals surface area contributed by atoms with Crippen LogP contribution in [0.3, 0.4) is 0 Å². The van der Waals surface area contributed by atoms with Crippen LogP contribution in [0.1, 0.15) is 21.5 Å². The Morgan fingerprint density at radius 2 is 1.88 bits per heavy atom. The molecule has 4 heteroatoms. The van der Waals surface area contributed by atoms with E-state index >= 15 is 0 Å².